The van der Waals surface area contributed by atoms with Gasteiger partial charge in [0, 0.05) is 43.1 Å². The van der Waals surface area contributed by atoms with E-state index in [1.54, 1.807) is 0 Å². The van der Waals surface area contributed by atoms with Crippen molar-refractivity contribution >= 4 is 23.4 Å². The molecule has 1 aromatic heterocycles. The van der Waals surface area contributed by atoms with E-state index in [-0.39, 0.29) is 0 Å². The molecule has 1 N–H and O–H groups in total. The molecule has 0 radical (unpaired) electrons. The molecule has 106 valence electrons. The van der Waals surface area contributed by atoms with Crippen LogP contribution in [0.15, 0.2) is 6.07 Å². The number of aryl methyl sites for hydroxylation is 1. The molecular weight excluding hydrogens is 256 g/mol. The van der Waals surface area contributed by atoms with E-state index in [1.165, 1.54) is 11.5 Å². The minimum atomic E-state index is 0.553. The number of rotatable bonds is 5. The molecule has 0 bridgehead atoms. The SMILES string of the molecule is CCCNc1cc(N2CCSCC2C)nc(CC)n1. The zero-order valence-electron chi connectivity index (χ0n) is 12.1. The van der Waals surface area contributed by atoms with E-state index in [0.717, 1.165) is 43.4 Å². The molecule has 2 rings (SSSR count). The molecule has 0 aliphatic carbocycles. The molecule has 19 heavy (non-hydrogen) atoms. The van der Waals surface area contributed by atoms with Gasteiger partial charge in [-0.15, -0.1) is 0 Å². The maximum absolute atomic E-state index is 4.70. The molecule has 2 heterocycles. The monoisotopic (exact) mass is 280 g/mol. The zero-order chi connectivity index (χ0) is 13.7. The van der Waals surface area contributed by atoms with Crippen LogP contribution in [0.5, 0.6) is 0 Å². The van der Waals surface area contributed by atoms with Gasteiger partial charge in [0.15, 0.2) is 0 Å². The Morgan fingerprint density at radius 1 is 1.42 bits per heavy atom. The van der Waals surface area contributed by atoms with Crippen LogP contribution in [0.25, 0.3) is 0 Å². The van der Waals surface area contributed by atoms with E-state index in [2.05, 4.69) is 42.0 Å². The smallest absolute Gasteiger partial charge is 0.134 e. The van der Waals surface area contributed by atoms with Crippen molar-refractivity contribution in [3.8, 4) is 0 Å². The lowest BCUT2D eigenvalue weighted by molar-refractivity contribution is 0.685. The molecule has 0 amide bonds. The Morgan fingerprint density at radius 3 is 2.95 bits per heavy atom. The molecule has 5 heteroatoms. The van der Waals surface area contributed by atoms with Gasteiger partial charge in [-0.2, -0.15) is 11.8 Å². The molecule has 1 fully saturated rings. The molecule has 1 aromatic rings. The third-order valence-corrected chi connectivity index (χ3v) is 4.48. The topological polar surface area (TPSA) is 41.0 Å². The highest BCUT2D eigenvalue weighted by molar-refractivity contribution is 7.99. The zero-order valence-corrected chi connectivity index (χ0v) is 13.0. The van der Waals surface area contributed by atoms with Gasteiger partial charge in [0.05, 0.1) is 0 Å². The van der Waals surface area contributed by atoms with Gasteiger partial charge in [0.2, 0.25) is 0 Å². The Kier molecular flexibility index (Phi) is 5.31. The van der Waals surface area contributed by atoms with Crippen molar-refractivity contribution in [1.29, 1.82) is 0 Å². The standard InChI is InChI=1S/C14H24N4S/c1-4-6-15-13-9-14(17-12(5-2)16-13)18-7-8-19-10-11(18)3/h9,11H,4-8,10H2,1-3H3,(H,15,16,17). The van der Waals surface area contributed by atoms with E-state index in [9.17, 15) is 0 Å². The predicted molar refractivity (Wildman–Crippen MR) is 84.3 cm³/mol. The minimum absolute atomic E-state index is 0.553. The van der Waals surface area contributed by atoms with E-state index < -0.39 is 0 Å². The molecule has 1 saturated heterocycles. The first kappa shape index (κ1) is 14.4. The Bertz CT molecular complexity index is 410. The fourth-order valence-corrected chi connectivity index (χ4v) is 3.21. The van der Waals surface area contributed by atoms with E-state index in [0.29, 0.717) is 6.04 Å². The second-order valence-electron chi connectivity index (χ2n) is 4.93. The van der Waals surface area contributed by atoms with Crippen molar-refractivity contribution in [2.45, 2.75) is 39.7 Å². The van der Waals surface area contributed by atoms with Crippen molar-refractivity contribution in [3.05, 3.63) is 11.9 Å². The van der Waals surface area contributed by atoms with Gasteiger partial charge in [-0.1, -0.05) is 13.8 Å². The van der Waals surface area contributed by atoms with E-state index in [1.807, 2.05) is 11.8 Å². The summed E-state index contributed by atoms with van der Waals surface area (Å²) in [5, 5.41) is 3.38. The molecule has 1 unspecified atom stereocenters. The lowest BCUT2D eigenvalue weighted by Gasteiger charge is -2.34. The molecular formula is C14H24N4S. The second kappa shape index (κ2) is 6.98. The third-order valence-electron chi connectivity index (χ3n) is 3.29. The number of anilines is 2. The molecule has 1 aliphatic heterocycles. The summed E-state index contributed by atoms with van der Waals surface area (Å²) in [5.74, 6) is 5.35. The Balaban J connectivity index is 2.22. The summed E-state index contributed by atoms with van der Waals surface area (Å²) in [6.07, 6.45) is 1.99. The maximum atomic E-state index is 4.70. The van der Waals surface area contributed by atoms with Gasteiger partial charge >= 0.3 is 0 Å². The van der Waals surface area contributed by atoms with Gasteiger partial charge in [0.1, 0.15) is 17.5 Å². The number of nitrogens with one attached hydrogen (secondary N) is 1. The highest BCUT2D eigenvalue weighted by atomic mass is 32.2. The molecule has 1 aliphatic rings. The average molecular weight is 280 g/mol. The molecule has 4 nitrogen and oxygen atoms in total. The van der Waals surface area contributed by atoms with E-state index in [4.69, 9.17) is 4.98 Å². The van der Waals surface area contributed by atoms with Crippen LogP contribution in [0.3, 0.4) is 0 Å². The first-order chi connectivity index (χ1) is 9.24. The minimum Gasteiger partial charge on any atom is -0.370 e. The summed E-state index contributed by atoms with van der Waals surface area (Å²) in [5.41, 5.74) is 0. The Morgan fingerprint density at radius 2 is 2.26 bits per heavy atom. The highest BCUT2D eigenvalue weighted by Crippen LogP contribution is 2.24. The van der Waals surface area contributed by atoms with Crippen molar-refractivity contribution in [2.75, 3.05) is 34.8 Å². The van der Waals surface area contributed by atoms with Gasteiger partial charge in [-0.05, 0) is 13.3 Å². The predicted octanol–water partition coefficient (Wildman–Crippen LogP) is 2.80. The molecule has 0 spiro atoms. The van der Waals surface area contributed by atoms with Crippen LogP contribution in [-0.4, -0.2) is 40.6 Å². The van der Waals surface area contributed by atoms with Crippen molar-refractivity contribution in [1.82, 2.24) is 9.97 Å². The fraction of sp³-hybridized carbons (Fsp3) is 0.714. The van der Waals surface area contributed by atoms with Crippen LogP contribution in [0.2, 0.25) is 0 Å². The first-order valence-electron chi connectivity index (χ1n) is 7.20. The van der Waals surface area contributed by atoms with Gasteiger partial charge in [-0.25, -0.2) is 9.97 Å². The maximum Gasteiger partial charge on any atom is 0.134 e. The fourth-order valence-electron chi connectivity index (χ4n) is 2.20. The van der Waals surface area contributed by atoms with Gasteiger partial charge in [-0.3, -0.25) is 0 Å². The number of hydrogen-bond acceptors (Lipinski definition) is 5. The van der Waals surface area contributed by atoms with Crippen molar-refractivity contribution in [3.63, 3.8) is 0 Å². The molecule has 0 aromatic carbocycles. The van der Waals surface area contributed by atoms with Crippen molar-refractivity contribution in [2.24, 2.45) is 0 Å². The second-order valence-corrected chi connectivity index (χ2v) is 6.08. The quantitative estimate of drug-likeness (QED) is 0.898. The molecule has 1 atom stereocenters. The Hall–Kier alpha value is -0.970. The normalized spacial score (nSPS) is 19.5. The number of thioether (sulfide) groups is 1. The number of aromatic nitrogens is 2. The first-order valence-corrected chi connectivity index (χ1v) is 8.36. The van der Waals surface area contributed by atoms with Crippen LogP contribution < -0.4 is 10.2 Å². The number of hydrogen-bond donors (Lipinski definition) is 1. The lowest BCUT2D eigenvalue weighted by atomic mass is 10.3. The van der Waals surface area contributed by atoms with Crippen molar-refractivity contribution < 1.29 is 0 Å². The van der Waals surface area contributed by atoms with Crippen LogP contribution in [0.1, 0.15) is 33.0 Å². The highest BCUT2D eigenvalue weighted by Gasteiger charge is 2.21. The summed E-state index contributed by atoms with van der Waals surface area (Å²) in [4.78, 5) is 11.7. The summed E-state index contributed by atoms with van der Waals surface area (Å²) in [7, 11) is 0. The lowest BCUT2D eigenvalue weighted by Crippen LogP contribution is -2.41. The van der Waals surface area contributed by atoms with Gasteiger partial charge in [0.25, 0.3) is 0 Å². The Labute approximate surface area is 120 Å². The third kappa shape index (κ3) is 3.75. The van der Waals surface area contributed by atoms with Crippen LogP contribution >= 0.6 is 11.8 Å². The largest absolute Gasteiger partial charge is 0.370 e. The summed E-state index contributed by atoms with van der Waals surface area (Å²) >= 11 is 2.03. The van der Waals surface area contributed by atoms with Gasteiger partial charge < -0.3 is 10.2 Å². The summed E-state index contributed by atoms with van der Waals surface area (Å²) in [6, 6.07) is 2.65. The van der Waals surface area contributed by atoms with Crippen LogP contribution in [0.4, 0.5) is 11.6 Å². The van der Waals surface area contributed by atoms with Crippen LogP contribution in [0, 0.1) is 0 Å². The number of nitrogens with zero attached hydrogens (tertiary/aromatic N) is 3. The van der Waals surface area contributed by atoms with E-state index >= 15 is 0 Å². The summed E-state index contributed by atoms with van der Waals surface area (Å²) < 4.78 is 0. The summed E-state index contributed by atoms with van der Waals surface area (Å²) in [6.45, 7) is 8.60. The van der Waals surface area contributed by atoms with Crippen LogP contribution in [-0.2, 0) is 6.42 Å². The molecule has 0 saturated carbocycles. The average Bonchev–Trinajstić information content (AvgIpc) is 2.45.